The molecule has 0 rings (SSSR count). The van der Waals surface area contributed by atoms with Crippen molar-refractivity contribution >= 4 is 17.8 Å². The summed E-state index contributed by atoms with van der Waals surface area (Å²) in [6, 6.07) is 0. The number of esters is 1. The Labute approximate surface area is 328 Å². The van der Waals surface area contributed by atoms with Gasteiger partial charge in [0.15, 0.2) is 0 Å². The second kappa shape index (κ2) is 46.4. The number of nitrogens with one attached hydrogen (secondary N) is 1. The first-order chi connectivity index (χ1) is 27.1. The molecule has 0 bridgehead atoms. The number of carbonyl (C=O) groups is 3. The SMILES string of the molecule is CCCCCCCCCCCC(=O)OCCOCCOCCOCCOCCOCCOCCOCCOCCOCCOCCNC(=O)COCC(=O)O. The summed E-state index contributed by atoms with van der Waals surface area (Å²) in [5.74, 6) is -1.67. The summed E-state index contributed by atoms with van der Waals surface area (Å²) in [6.07, 6.45) is 11.5. The minimum Gasteiger partial charge on any atom is -0.480 e. The molecule has 0 spiro atoms. The number of rotatable bonds is 47. The van der Waals surface area contributed by atoms with E-state index in [-0.39, 0.29) is 19.2 Å². The molecule has 0 radical (unpaired) electrons. The summed E-state index contributed by atoms with van der Waals surface area (Å²) in [7, 11) is 0. The van der Waals surface area contributed by atoms with Gasteiger partial charge in [0.05, 0.1) is 132 Å². The Bertz CT molecular complexity index is 825. The van der Waals surface area contributed by atoms with Gasteiger partial charge < -0.3 is 67.3 Å². The third-order valence-electron chi connectivity index (χ3n) is 7.35. The summed E-state index contributed by atoms with van der Waals surface area (Å²) in [5.41, 5.74) is 0. The number of carbonyl (C=O) groups excluding carboxylic acids is 2. The Balaban J connectivity index is 3.14. The van der Waals surface area contributed by atoms with Crippen molar-refractivity contribution in [2.45, 2.75) is 71.1 Å². The van der Waals surface area contributed by atoms with E-state index in [0.29, 0.717) is 145 Å². The summed E-state index contributed by atoms with van der Waals surface area (Å²) in [4.78, 5) is 33.5. The fourth-order valence-corrected chi connectivity index (χ4v) is 4.49. The molecule has 0 saturated carbocycles. The molecule has 0 aliphatic carbocycles. The highest BCUT2D eigenvalue weighted by Crippen LogP contribution is 2.10. The minimum atomic E-state index is -1.13. The lowest BCUT2D eigenvalue weighted by Crippen LogP contribution is -2.31. The largest absolute Gasteiger partial charge is 0.480 e. The summed E-state index contributed by atoms with van der Waals surface area (Å²) in [6.45, 7) is 10.9. The lowest BCUT2D eigenvalue weighted by Gasteiger charge is -2.09. The third-order valence-corrected chi connectivity index (χ3v) is 7.35. The van der Waals surface area contributed by atoms with Gasteiger partial charge >= 0.3 is 11.9 Å². The van der Waals surface area contributed by atoms with E-state index in [0.717, 1.165) is 12.8 Å². The second-order valence-corrected chi connectivity index (χ2v) is 12.2. The van der Waals surface area contributed by atoms with Crippen LogP contribution in [0.1, 0.15) is 71.1 Å². The van der Waals surface area contributed by atoms with E-state index in [2.05, 4.69) is 17.0 Å². The van der Waals surface area contributed by atoms with Gasteiger partial charge in [-0.05, 0) is 6.42 Å². The lowest BCUT2D eigenvalue weighted by atomic mass is 10.1. The highest BCUT2D eigenvalue weighted by molar-refractivity contribution is 5.77. The summed E-state index contributed by atoms with van der Waals surface area (Å²) in [5, 5.41) is 11.0. The Morgan fingerprint density at radius 1 is 0.400 bits per heavy atom. The van der Waals surface area contributed by atoms with Crippen LogP contribution >= 0.6 is 0 Å². The van der Waals surface area contributed by atoms with Crippen molar-refractivity contribution in [3.8, 4) is 0 Å². The molecule has 0 unspecified atom stereocenters. The number of hydrogen-bond donors (Lipinski definition) is 2. The van der Waals surface area contributed by atoms with Crippen LogP contribution in [0, 0.1) is 0 Å². The average Bonchev–Trinajstić information content (AvgIpc) is 3.17. The molecule has 0 saturated heterocycles. The second-order valence-electron chi connectivity index (χ2n) is 12.2. The van der Waals surface area contributed by atoms with Gasteiger partial charge in [0, 0.05) is 13.0 Å². The van der Waals surface area contributed by atoms with E-state index >= 15 is 0 Å². The molecule has 0 aromatic heterocycles. The Morgan fingerprint density at radius 2 is 0.727 bits per heavy atom. The van der Waals surface area contributed by atoms with Crippen LogP contribution in [-0.4, -0.2) is 181 Å². The number of unbranched alkanes of at least 4 members (excludes halogenated alkanes) is 8. The van der Waals surface area contributed by atoms with Gasteiger partial charge in [0.1, 0.15) is 19.8 Å². The third kappa shape index (κ3) is 48.0. The van der Waals surface area contributed by atoms with Gasteiger partial charge in [-0.15, -0.1) is 0 Å². The van der Waals surface area contributed by atoms with Crippen molar-refractivity contribution in [2.24, 2.45) is 0 Å². The first-order valence-corrected chi connectivity index (χ1v) is 20.1. The van der Waals surface area contributed by atoms with E-state index in [1.807, 2.05) is 0 Å². The molecule has 0 heterocycles. The number of aliphatic carboxylic acids is 1. The molecule has 326 valence electrons. The maximum atomic E-state index is 11.8. The van der Waals surface area contributed by atoms with E-state index < -0.39 is 18.5 Å². The van der Waals surface area contributed by atoms with Crippen LogP contribution in [0.4, 0.5) is 0 Å². The van der Waals surface area contributed by atoms with Gasteiger partial charge in [0.2, 0.25) is 5.91 Å². The zero-order valence-corrected chi connectivity index (χ0v) is 33.6. The molecule has 0 aliphatic rings. The van der Waals surface area contributed by atoms with Crippen LogP contribution in [0.5, 0.6) is 0 Å². The predicted octanol–water partition coefficient (Wildman–Crippen LogP) is 2.83. The van der Waals surface area contributed by atoms with E-state index in [1.165, 1.54) is 44.9 Å². The van der Waals surface area contributed by atoms with Gasteiger partial charge in [0.25, 0.3) is 0 Å². The molecule has 0 aliphatic heterocycles. The Kier molecular flexibility index (Phi) is 44.6. The maximum absolute atomic E-state index is 11.8. The maximum Gasteiger partial charge on any atom is 0.329 e. The van der Waals surface area contributed by atoms with Crippen LogP contribution in [-0.2, 0) is 71.2 Å². The smallest absolute Gasteiger partial charge is 0.329 e. The van der Waals surface area contributed by atoms with Crippen molar-refractivity contribution < 1.29 is 76.3 Å². The number of carboxylic acid groups (broad SMARTS) is 1. The van der Waals surface area contributed by atoms with Crippen molar-refractivity contribution in [3.05, 3.63) is 0 Å². The van der Waals surface area contributed by atoms with Crippen LogP contribution < -0.4 is 5.32 Å². The Morgan fingerprint density at radius 3 is 1.09 bits per heavy atom. The quantitative estimate of drug-likeness (QED) is 0.0674. The number of hydrogen-bond acceptors (Lipinski definition) is 15. The topological polar surface area (TPSA) is 194 Å². The summed E-state index contributed by atoms with van der Waals surface area (Å²) >= 11 is 0. The molecule has 2 N–H and O–H groups in total. The van der Waals surface area contributed by atoms with Gasteiger partial charge in [-0.25, -0.2) is 4.79 Å². The van der Waals surface area contributed by atoms with E-state index in [4.69, 9.17) is 57.2 Å². The van der Waals surface area contributed by atoms with Crippen LogP contribution in [0.25, 0.3) is 0 Å². The molecule has 0 aromatic carbocycles. The summed E-state index contributed by atoms with van der Waals surface area (Å²) < 4.78 is 64.3. The average molecular weight is 800 g/mol. The normalized spacial score (nSPS) is 11.3. The highest BCUT2D eigenvalue weighted by Gasteiger charge is 2.04. The standard InChI is InChI=1S/C38H73NO16/c1-2-3-4-5-6-7-8-9-10-11-38(43)55-33-32-53-31-30-52-29-28-51-27-26-50-25-24-49-23-22-48-21-20-47-19-18-46-17-16-45-15-14-44-13-12-39-36(40)34-54-35-37(41)42/h2-35H2,1H3,(H,39,40)(H,41,42). The van der Waals surface area contributed by atoms with E-state index in [9.17, 15) is 14.4 Å². The monoisotopic (exact) mass is 799 g/mol. The molecular formula is C38H73NO16. The van der Waals surface area contributed by atoms with Gasteiger partial charge in [-0.1, -0.05) is 58.3 Å². The predicted molar refractivity (Wildman–Crippen MR) is 202 cm³/mol. The molecule has 0 aromatic rings. The molecule has 17 heteroatoms. The van der Waals surface area contributed by atoms with Crippen LogP contribution in [0.3, 0.4) is 0 Å². The van der Waals surface area contributed by atoms with Gasteiger partial charge in [-0.3, -0.25) is 9.59 Å². The van der Waals surface area contributed by atoms with Crippen molar-refractivity contribution in [3.63, 3.8) is 0 Å². The number of ether oxygens (including phenoxy) is 12. The number of carboxylic acids is 1. The van der Waals surface area contributed by atoms with E-state index in [1.54, 1.807) is 0 Å². The van der Waals surface area contributed by atoms with Crippen molar-refractivity contribution in [2.75, 3.05) is 159 Å². The lowest BCUT2D eigenvalue weighted by molar-refractivity contribution is -0.146. The Hall–Kier alpha value is -2.03. The zero-order chi connectivity index (χ0) is 40.0. The molecule has 17 nitrogen and oxygen atoms in total. The fraction of sp³-hybridized carbons (Fsp3) is 0.921. The van der Waals surface area contributed by atoms with Crippen molar-refractivity contribution in [1.82, 2.24) is 5.32 Å². The highest BCUT2D eigenvalue weighted by atomic mass is 16.6. The first kappa shape index (κ1) is 53.0. The van der Waals surface area contributed by atoms with Crippen LogP contribution in [0.2, 0.25) is 0 Å². The molecule has 0 atom stereocenters. The van der Waals surface area contributed by atoms with Crippen molar-refractivity contribution in [1.29, 1.82) is 0 Å². The first-order valence-electron chi connectivity index (χ1n) is 20.1. The van der Waals surface area contributed by atoms with Crippen LogP contribution in [0.15, 0.2) is 0 Å². The molecule has 0 fully saturated rings. The molecule has 55 heavy (non-hydrogen) atoms. The number of amides is 1. The zero-order valence-electron chi connectivity index (χ0n) is 33.6. The fourth-order valence-electron chi connectivity index (χ4n) is 4.49. The van der Waals surface area contributed by atoms with Gasteiger partial charge in [-0.2, -0.15) is 0 Å². The molecular weight excluding hydrogens is 726 g/mol. The molecule has 1 amide bonds. The minimum absolute atomic E-state index is 0.146.